The summed E-state index contributed by atoms with van der Waals surface area (Å²) in [6.45, 7) is 4.66. The van der Waals surface area contributed by atoms with Crippen molar-refractivity contribution in [2.45, 2.75) is 25.3 Å². The molecule has 146 valence electrons. The van der Waals surface area contributed by atoms with E-state index >= 15 is 0 Å². The van der Waals surface area contributed by atoms with Gasteiger partial charge in [-0.15, -0.1) is 11.3 Å². The zero-order valence-electron chi connectivity index (χ0n) is 15.8. The van der Waals surface area contributed by atoms with Crippen LogP contribution in [0, 0.1) is 6.92 Å². The Morgan fingerprint density at radius 2 is 2.00 bits per heavy atom. The second kappa shape index (κ2) is 7.76. The normalized spacial score (nSPS) is 19.6. The summed E-state index contributed by atoms with van der Waals surface area (Å²) in [6.07, 6.45) is 8.61. The van der Waals surface area contributed by atoms with Crippen LogP contribution in [0.2, 0.25) is 0 Å². The molecule has 1 fully saturated rings. The predicted octanol–water partition coefficient (Wildman–Crippen LogP) is 3.07. The molecule has 4 aromatic heterocycles. The fourth-order valence-corrected chi connectivity index (χ4v) is 4.60. The van der Waals surface area contributed by atoms with E-state index in [0.29, 0.717) is 17.4 Å². The molecule has 2 unspecified atom stereocenters. The molecule has 1 aliphatic rings. The van der Waals surface area contributed by atoms with E-state index in [9.17, 15) is 0 Å². The summed E-state index contributed by atoms with van der Waals surface area (Å²) in [7, 11) is 0. The molecule has 2 atom stereocenters. The van der Waals surface area contributed by atoms with E-state index in [4.69, 9.17) is 4.52 Å². The highest BCUT2D eigenvalue weighted by Crippen LogP contribution is 2.40. The van der Waals surface area contributed by atoms with Crippen molar-refractivity contribution in [2.75, 3.05) is 13.1 Å². The first kappa shape index (κ1) is 18.0. The maximum Gasteiger partial charge on any atom is 0.232 e. The first-order chi connectivity index (χ1) is 14.3. The lowest BCUT2D eigenvalue weighted by Crippen LogP contribution is -2.20. The van der Waals surface area contributed by atoms with Crippen molar-refractivity contribution in [3.05, 3.63) is 70.7 Å². The predicted molar refractivity (Wildman–Crippen MR) is 107 cm³/mol. The van der Waals surface area contributed by atoms with Gasteiger partial charge in [-0.3, -0.25) is 14.9 Å². The third-order valence-electron chi connectivity index (χ3n) is 5.27. The van der Waals surface area contributed by atoms with Crippen LogP contribution in [0.4, 0.5) is 0 Å². The minimum absolute atomic E-state index is 0.0883. The lowest BCUT2D eigenvalue weighted by molar-refractivity contribution is 0.310. The molecule has 0 aliphatic carbocycles. The molecule has 0 radical (unpaired) electrons. The van der Waals surface area contributed by atoms with Crippen LogP contribution >= 0.6 is 11.3 Å². The highest BCUT2D eigenvalue weighted by atomic mass is 32.1. The summed E-state index contributed by atoms with van der Waals surface area (Å²) in [4.78, 5) is 25.4. The second-order valence-corrected chi connectivity index (χ2v) is 8.04. The van der Waals surface area contributed by atoms with E-state index in [0.717, 1.165) is 25.3 Å². The monoisotopic (exact) mass is 405 g/mol. The smallest absolute Gasteiger partial charge is 0.232 e. The maximum absolute atomic E-state index is 5.68. The molecule has 8 nitrogen and oxygen atoms in total. The van der Waals surface area contributed by atoms with Crippen LogP contribution in [-0.2, 0) is 6.54 Å². The fourth-order valence-electron chi connectivity index (χ4n) is 3.78. The van der Waals surface area contributed by atoms with Gasteiger partial charge in [0.2, 0.25) is 11.7 Å². The number of thiazole rings is 1. The van der Waals surface area contributed by atoms with Crippen molar-refractivity contribution in [3.8, 4) is 11.5 Å². The van der Waals surface area contributed by atoms with Crippen molar-refractivity contribution in [3.63, 3.8) is 0 Å². The zero-order valence-corrected chi connectivity index (χ0v) is 16.7. The van der Waals surface area contributed by atoms with Crippen molar-refractivity contribution in [1.29, 1.82) is 0 Å². The molecule has 29 heavy (non-hydrogen) atoms. The topological polar surface area (TPSA) is 93.7 Å². The van der Waals surface area contributed by atoms with E-state index in [1.165, 1.54) is 10.4 Å². The van der Waals surface area contributed by atoms with Gasteiger partial charge in [0.15, 0.2) is 0 Å². The molecule has 4 aromatic rings. The molecule has 0 amide bonds. The van der Waals surface area contributed by atoms with Crippen molar-refractivity contribution in [1.82, 2.24) is 35.0 Å². The van der Waals surface area contributed by atoms with Crippen LogP contribution in [0.15, 0.2) is 53.2 Å². The molecule has 0 bridgehead atoms. The van der Waals surface area contributed by atoms with E-state index in [-0.39, 0.29) is 11.8 Å². The SMILES string of the molecule is Cc1ncsc1CN1CC(c2cccnc2)C(c2nc(-c3cnccn3)no2)C1. The minimum atomic E-state index is 0.0883. The average molecular weight is 405 g/mol. The molecule has 9 heteroatoms. The van der Waals surface area contributed by atoms with Gasteiger partial charge in [0.25, 0.3) is 0 Å². The van der Waals surface area contributed by atoms with Gasteiger partial charge in [-0.05, 0) is 18.6 Å². The fraction of sp³-hybridized carbons (Fsp3) is 0.300. The lowest BCUT2D eigenvalue weighted by atomic mass is 9.90. The van der Waals surface area contributed by atoms with Gasteiger partial charge in [0.05, 0.1) is 23.3 Å². The average Bonchev–Trinajstić information content (AvgIpc) is 3.50. The molecule has 0 N–H and O–H groups in total. The van der Waals surface area contributed by atoms with Crippen molar-refractivity contribution >= 4 is 11.3 Å². The van der Waals surface area contributed by atoms with Gasteiger partial charge in [0, 0.05) is 55.2 Å². The molecular formula is C20H19N7OS. The standard InChI is InChI=1S/C20H19N7OS/c1-13-18(29-12-24-13)11-27-9-15(14-3-2-4-21-7-14)16(10-27)20-25-19(26-28-20)17-8-22-5-6-23-17/h2-8,12,15-16H,9-11H2,1H3. The molecule has 0 aromatic carbocycles. The number of aromatic nitrogens is 6. The van der Waals surface area contributed by atoms with Gasteiger partial charge in [-0.1, -0.05) is 11.2 Å². The first-order valence-corrected chi connectivity index (χ1v) is 10.3. The Labute approximate surface area is 171 Å². The van der Waals surface area contributed by atoms with E-state index in [1.54, 1.807) is 36.1 Å². The van der Waals surface area contributed by atoms with Gasteiger partial charge < -0.3 is 4.52 Å². The van der Waals surface area contributed by atoms with Crippen molar-refractivity contribution in [2.24, 2.45) is 0 Å². The number of rotatable bonds is 5. The summed E-state index contributed by atoms with van der Waals surface area (Å²) in [5.41, 5.74) is 4.79. The molecule has 5 rings (SSSR count). The lowest BCUT2D eigenvalue weighted by Gasteiger charge is -2.15. The number of likely N-dealkylation sites (tertiary alicyclic amines) is 1. The van der Waals surface area contributed by atoms with E-state index in [1.807, 2.05) is 17.8 Å². The number of nitrogens with zero attached hydrogens (tertiary/aromatic N) is 7. The first-order valence-electron chi connectivity index (χ1n) is 9.39. The largest absolute Gasteiger partial charge is 0.339 e. The molecule has 0 spiro atoms. The van der Waals surface area contributed by atoms with Crippen LogP contribution in [0.25, 0.3) is 11.5 Å². The number of hydrogen-bond donors (Lipinski definition) is 0. The van der Waals surface area contributed by atoms with Gasteiger partial charge in [-0.25, -0.2) is 9.97 Å². The van der Waals surface area contributed by atoms with Gasteiger partial charge >= 0.3 is 0 Å². The summed E-state index contributed by atoms with van der Waals surface area (Å²) >= 11 is 1.70. The van der Waals surface area contributed by atoms with Crippen LogP contribution < -0.4 is 0 Å². The highest BCUT2D eigenvalue weighted by Gasteiger charge is 2.38. The van der Waals surface area contributed by atoms with Crippen LogP contribution in [0.3, 0.4) is 0 Å². The summed E-state index contributed by atoms with van der Waals surface area (Å²) < 4.78 is 5.68. The summed E-state index contributed by atoms with van der Waals surface area (Å²) in [6, 6.07) is 4.09. The molecule has 1 aliphatic heterocycles. The number of pyridine rings is 1. The van der Waals surface area contributed by atoms with Gasteiger partial charge in [0.1, 0.15) is 5.69 Å². The van der Waals surface area contributed by atoms with E-state index in [2.05, 4.69) is 48.0 Å². The van der Waals surface area contributed by atoms with Crippen LogP contribution in [-0.4, -0.2) is 48.1 Å². The Hall–Kier alpha value is -3.04. The molecular weight excluding hydrogens is 386 g/mol. The number of aryl methyl sites for hydroxylation is 1. The zero-order chi connectivity index (χ0) is 19.6. The molecule has 1 saturated heterocycles. The maximum atomic E-state index is 5.68. The third kappa shape index (κ3) is 3.66. The van der Waals surface area contributed by atoms with Crippen LogP contribution in [0.1, 0.15) is 33.9 Å². The summed E-state index contributed by atoms with van der Waals surface area (Å²) in [5, 5.41) is 4.14. The van der Waals surface area contributed by atoms with Crippen molar-refractivity contribution < 1.29 is 4.52 Å². The second-order valence-electron chi connectivity index (χ2n) is 7.10. The molecule has 0 saturated carbocycles. The highest BCUT2D eigenvalue weighted by molar-refractivity contribution is 7.09. The van der Waals surface area contributed by atoms with Crippen LogP contribution in [0.5, 0.6) is 0 Å². The third-order valence-corrected chi connectivity index (χ3v) is 6.19. The Morgan fingerprint density at radius 1 is 1.10 bits per heavy atom. The quantitative estimate of drug-likeness (QED) is 0.500. The Bertz CT molecular complexity index is 1080. The Kier molecular flexibility index (Phi) is 4.82. The number of hydrogen-bond acceptors (Lipinski definition) is 9. The summed E-state index contributed by atoms with van der Waals surface area (Å²) in [5.74, 6) is 1.41. The Morgan fingerprint density at radius 3 is 2.76 bits per heavy atom. The molecule has 5 heterocycles. The Balaban J connectivity index is 1.44. The van der Waals surface area contributed by atoms with E-state index < -0.39 is 0 Å². The van der Waals surface area contributed by atoms with Gasteiger partial charge in [-0.2, -0.15) is 4.98 Å². The minimum Gasteiger partial charge on any atom is -0.339 e.